The van der Waals surface area contributed by atoms with Gasteiger partial charge in [-0.3, -0.25) is 4.98 Å². The SMILES string of the molecule is C=CC1C(CCOC)c2nc3ccccc3c3c2-c2c4c(cc(C(C)(C)C)cc4cc[n+]21)C3(C)C. The van der Waals surface area contributed by atoms with Crippen LogP contribution in [-0.4, -0.2) is 18.7 Å². The first-order valence-electron chi connectivity index (χ1n) is 12.8. The average Bonchev–Trinajstić information content (AvgIpc) is 2.83. The number of benzene rings is 2. The van der Waals surface area contributed by atoms with Crippen molar-refractivity contribution in [1.29, 1.82) is 0 Å². The Labute approximate surface area is 208 Å². The molecule has 1 aliphatic heterocycles. The summed E-state index contributed by atoms with van der Waals surface area (Å²) in [7, 11) is 1.78. The van der Waals surface area contributed by atoms with Gasteiger partial charge in [0.1, 0.15) is 0 Å². The minimum atomic E-state index is -0.162. The largest absolute Gasteiger partial charge is 0.385 e. The predicted molar refractivity (Wildman–Crippen MR) is 144 cm³/mol. The quantitative estimate of drug-likeness (QED) is 0.237. The third-order valence-electron chi connectivity index (χ3n) is 8.36. The summed E-state index contributed by atoms with van der Waals surface area (Å²) < 4.78 is 8.02. The number of nitrogens with zero attached hydrogens (tertiary/aromatic N) is 2. The summed E-state index contributed by atoms with van der Waals surface area (Å²) in [6, 6.07) is 16.0. The Kier molecular flexibility index (Phi) is 4.79. The Morgan fingerprint density at radius 1 is 1.14 bits per heavy atom. The van der Waals surface area contributed by atoms with E-state index in [0.717, 1.165) is 11.9 Å². The molecule has 2 unspecified atom stereocenters. The first-order valence-corrected chi connectivity index (χ1v) is 12.8. The van der Waals surface area contributed by atoms with Crippen LogP contribution in [0.25, 0.3) is 32.9 Å². The minimum Gasteiger partial charge on any atom is -0.385 e. The second kappa shape index (κ2) is 7.48. The van der Waals surface area contributed by atoms with Gasteiger partial charge in [-0.1, -0.05) is 71.5 Å². The molecule has 3 nitrogen and oxygen atoms in total. The summed E-state index contributed by atoms with van der Waals surface area (Å²) in [4.78, 5) is 5.35. The molecule has 0 radical (unpaired) electrons. The van der Waals surface area contributed by atoms with Crippen molar-refractivity contribution < 1.29 is 9.30 Å². The summed E-state index contributed by atoms with van der Waals surface area (Å²) in [6.45, 7) is 16.7. The van der Waals surface area contributed by atoms with Crippen molar-refractivity contribution in [2.24, 2.45) is 0 Å². The molecular weight excluding hydrogens is 428 g/mol. The van der Waals surface area contributed by atoms with Gasteiger partial charge in [-0.05, 0) is 46.1 Å². The van der Waals surface area contributed by atoms with Crippen LogP contribution in [0, 0.1) is 0 Å². The predicted octanol–water partition coefficient (Wildman–Crippen LogP) is 7.14. The summed E-state index contributed by atoms with van der Waals surface area (Å²) >= 11 is 0. The van der Waals surface area contributed by atoms with Crippen molar-refractivity contribution in [3.05, 3.63) is 83.7 Å². The van der Waals surface area contributed by atoms with Gasteiger partial charge in [-0.25, -0.2) is 0 Å². The fourth-order valence-electron chi connectivity index (χ4n) is 6.56. The van der Waals surface area contributed by atoms with E-state index in [1.165, 1.54) is 49.8 Å². The molecule has 35 heavy (non-hydrogen) atoms. The number of methoxy groups -OCH3 is 1. The number of hydrogen-bond donors (Lipinski definition) is 0. The molecule has 0 spiro atoms. The third kappa shape index (κ3) is 3.00. The smallest absolute Gasteiger partial charge is 0.223 e. The third-order valence-corrected chi connectivity index (χ3v) is 8.36. The van der Waals surface area contributed by atoms with Gasteiger partial charge >= 0.3 is 0 Å². The Bertz CT molecular complexity index is 1520. The molecule has 0 saturated heterocycles. The topological polar surface area (TPSA) is 26.0 Å². The normalized spacial score (nSPS) is 19.8. The Morgan fingerprint density at radius 3 is 2.63 bits per heavy atom. The van der Waals surface area contributed by atoms with Crippen LogP contribution in [-0.2, 0) is 15.6 Å². The van der Waals surface area contributed by atoms with Gasteiger partial charge in [0.05, 0.1) is 28.1 Å². The number of ether oxygens (including phenoxy) is 1. The molecule has 6 rings (SSSR count). The van der Waals surface area contributed by atoms with E-state index in [1.54, 1.807) is 7.11 Å². The van der Waals surface area contributed by atoms with E-state index >= 15 is 0 Å². The summed E-state index contributed by atoms with van der Waals surface area (Å²) in [6.07, 6.45) is 5.29. The summed E-state index contributed by atoms with van der Waals surface area (Å²) in [5.41, 5.74) is 9.03. The van der Waals surface area contributed by atoms with Crippen LogP contribution < -0.4 is 4.57 Å². The number of rotatable bonds is 4. The molecule has 0 N–H and O–H groups in total. The maximum atomic E-state index is 5.55. The van der Waals surface area contributed by atoms with Crippen LogP contribution >= 0.6 is 0 Å². The number of hydrogen-bond acceptors (Lipinski definition) is 2. The number of fused-ring (bicyclic) bond motifs is 2. The molecule has 2 atom stereocenters. The van der Waals surface area contributed by atoms with E-state index in [2.05, 4.69) is 101 Å². The van der Waals surface area contributed by atoms with Crippen molar-refractivity contribution in [3.63, 3.8) is 0 Å². The molecule has 0 saturated carbocycles. The Balaban J connectivity index is 1.83. The highest BCUT2D eigenvalue weighted by molar-refractivity contribution is 6.05. The van der Waals surface area contributed by atoms with Crippen LogP contribution in [0.1, 0.15) is 75.4 Å². The minimum absolute atomic E-state index is 0.0739. The average molecular weight is 464 g/mol. The van der Waals surface area contributed by atoms with E-state index in [1.807, 2.05) is 0 Å². The van der Waals surface area contributed by atoms with Crippen molar-refractivity contribution >= 4 is 21.7 Å². The lowest BCUT2D eigenvalue weighted by molar-refractivity contribution is -0.706. The van der Waals surface area contributed by atoms with Gasteiger partial charge < -0.3 is 4.74 Å². The lowest BCUT2D eigenvalue weighted by Crippen LogP contribution is -2.49. The standard InChI is InChI=1S/C32H35N2O/c1-8-25-22(14-16-35-7)29-27-28(21-11-9-10-12-24(21)33-29)32(5,6)23-18-20(31(2,3)4)17-19-13-15-34(25)30(27)26(19)23/h8-13,15,17-18,22,25H,1,14,16H2,2-7H3/q+1. The highest BCUT2D eigenvalue weighted by atomic mass is 16.5. The first kappa shape index (κ1) is 22.4. The van der Waals surface area contributed by atoms with Crippen LogP contribution in [0.2, 0.25) is 0 Å². The number of allylic oxidation sites excluding steroid dienone is 1. The summed E-state index contributed by atoms with van der Waals surface area (Å²) in [5.74, 6) is 0.215. The van der Waals surface area contributed by atoms with Gasteiger partial charge in [-0.15, -0.1) is 0 Å². The van der Waals surface area contributed by atoms with E-state index in [-0.39, 0.29) is 22.8 Å². The van der Waals surface area contributed by atoms with Crippen LogP contribution in [0.3, 0.4) is 0 Å². The molecule has 0 fully saturated rings. The molecule has 1 aliphatic carbocycles. The lowest BCUT2D eigenvalue weighted by atomic mass is 9.65. The van der Waals surface area contributed by atoms with Gasteiger partial charge in [0.25, 0.3) is 0 Å². The molecular formula is C32H35N2O+. The van der Waals surface area contributed by atoms with Crippen LogP contribution in [0.4, 0.5) is 0 Å². The van der Waals surface area contributed by atoms with Gasteiger partial charge in [-0.2, -0.15) is 4.57 Å². The molecule has 2 aromatic carbocycles. The molecule has 0 bridgehead atoms. The van der Waals surface area contributed by atoms with Gasteiger partial charge in [0.15, 0.2) is 12.2 Å². The molecule has 0 amide bonds. The van der Waals surface area contributed by atoms with E-state index in [9.17, 15) is 0 Å². The highest BCUT2D eigenvalue weighted by Crippen LogP contribution is 2.55. The zero-order valence-corrected chi connectivity index (χ0v) is 21.8. The monoisotopic (exact) mass is 463 g/mol. The Hall–Kier alpha value is -3.04. The van der Waals surface area contributed by atoms with Crippen molar-refractivity contribution in [3.8, 4) is 11.3 Å². The lowest BCUT2D eigenvalue weighted by Gasteiger charge is -2.40. The van der Waals surface area contributed by atoms with Crippen molar-refractivity contribution in [2.45, 2.75) is 63.8 Å². The zero-order valence-electron chi connectivity index (χ0n) is 21.8. The second-order valence-electron chi connectivity index (χ2n) is 11.8. The number of pyridine rings is 2. The molecule has 178 valence electrons. The number of aromatic nitrogens is 2. The Morgan fingerprint density at radius 2 is 1.91 bits per heavy atom. The first-order chi connectivity index (χ1) is 16.7. The molecule has 2 aromatic heterocycles. The second-order valence-corrected chi connectivity index (χ2v) is 11.8. The van der Waals surface area contributed by atoms with Crippen LogP contribution in [0.5, 0.6) is 0 Å². The zero-order chi connectivity index (χ0) is 24.7. The van der Waals surface area contributed by atoms with E-state index < -0.39 is 0 Å². The van der Waals surface area contributed by atoms with Gasteiger partial charge in [0, 0.05) is 30.6 Å². The maximum Gasteiger partial charge on any atom is 0.223 e. The van der Waals surface area contributed by atoms with Crippen LogP contribution in [0.15, 0.2) is 61.3 Å². The molecule has 4 aromatic rings. The van der Waals surface area contributed by atoms with Crippen molar-refractivity contribution in [2.75, 3.05) is 13.7 Å². The highest BCUT2D eigenvalue weighted by Gasteiger charge is 2.48. The molecule has 3 heterocycles. The fourth-order valence-corrected chi connectivity index (χ4v) is 6.56. The van der Waals surface area contributed by atoms with Crippen molar-refractivity contribution in [1.82, 2.24) is 4.98 Å². The van der Waals surface area contributed by atoms with Gasteiger partial charge in [0.2, 0.25) is 5.69 Å². The summed E-state index contributed by atoms with van der Waals surface area (Å²) in [5, 5.41) is 3.94. The van der Waals surface area contributed by atoms with E-state index in [4.69, 9.17) is 9.72 Å². The number of para-hydroxylation sites is 1. The van der Waals surface area contributed by atoms with E-state index in [0.29, 0.717) is 6.61 Å². The fraction of sp³-hybridized carbons (Fsp3) is 0.375. The maximum absolute atomic E-state index is 5.55. The molecule has 2 aliphatic rings. The molecule has 3 heteroatoms.